The number of terminal acetylenes is 1. The third kappa shape index (κ3) is 3.24. The molecule has 0 aliphatic carbocycles. The number of carbonyl (C=O) groups excluding carboxylic acids is 1. The van der Waals surface area contributed by atoms with Gasteiger partial charge in [-0.3, -0.25) is 4.79 Å². The van der Waals surface area contributed by atoms with Gasteiger partial charge in [0.05, 0.1) is 25.7 Å². The van der Waals surface area contributed by atoms with Gasteiger partial charge in [0, 0.05) is 17.7 Å². The van der Waals surface area contributed by atoms with Crippen LogP contribution < -0.4 is 18.9 Å². The van der Waals surface area contributed by atoms with Crippen LogP contribution >= 0.6 is 0 Å². The lowest BCUT2D eigenvalue weighted by atomic mass is 9.88. The molecule has 5 heteroatoms. The van der Waals surface area contributed by atoms with Gasteiger partial charge in [-0.05, 0) is 18.2 Å². The van der Waals surface area contributed by atoms with Crippen molar-refractivity contribution in [2.75, 3.05) is 27.4 Å². The first-order valence-corrected chi connectivity index (χ1v) is 7.77. The molecule has 1 aliphatic rings. The van der Waals surface area contributed by atoms with E-state index < -0.39 is 5.92 Å². The lowest BCUT2D eigenvalue weighted by Gasteiger charge is -2.26. The van der Waals surface area contributed by atoms with Gasteiger partial charge in [-0.2, -0.15) is 0 Å². The van der Waals surface area contributed by atoms with E-state index in [9.17, 15) is 4.79 Å². The second-order valence-electron chi connectivity index (χ2n) is 5.49. The van der Waals surface area contributed by atoms with Crippen LogP contribution in [0.15, 0.2) is 36.4 Å². The number of ketones is 1. The Bertz CT molecular complexity index is 834. The molecule has 25 heavy (non-hydrogen) atoms. The highest BCUT2D eigenvalue weighted by Gasteiger charge is 2.32. The van der Waals surface area contributed by atoms with Crippen molar-refractivity contribution < 1.29 is 23.7 Å². The van der Waals surface area contributed by atoms with Crippen molar-refractivity contribution in [2.45, 2.75) is 5.92 Å². The molecule has 0 amide bonds. The Kier molecular flexibility index (Phi) is 4.80. The molecular weight excluding hydrogens is 320 g/mol. The number of Topliss-reactive ketones (excluding diaryl/α,β-unsaturated/α-hetero) is 1. The maximum Gasteiger partial charge on any atom is 0.177 e. The molecular formula is C20H18O5. The van der Waals surface area contributed by atoms with E-state index in [0.717, 1.165) is 5.56 Å². The van der Waals surface area contributed by atoms with Crippen molar-refractivity contribution in [1.29, 1.82) is 0 Å². The standard InChI is InChI=1S/C20H18O5/c1-4-9-24-14-6-8-16-19(11-14)25-12-17(20(16)21)15-7-5-13(22-2)10-18(15)23-3/h1,5-8,10-11,17H,9,12H2,2-3H3/t17-/m1/s1. The molecule has 2 aromatic carbocycles. The first-order valence-electron chi connectivity index (χ1n) is 7.77. The van der Waals surface area contributed by atoms with Gasteiger partial charge in [0.1, 0.15) is 36.2 Å². The van der Waals surface area contributed by atoms with Crippen LogP contribution in [0, 0.1) is 12.3 Å². The molecule has 0 spiro atoms. The number of fused-ring (bicyclic) bond motifs is 1. The van der Waals surface area contributed by atoms with Gasteiger partial charge in [-0.1, -0.05) is 12.0 Å². The van der Waals surface area contributed by atoms with Crippen LogP contribution in [0.5, 0.6) is 23.0 Å². The molecule has 0 N–H and O–H groups in total. The van der Waals surface area contributed by atoms with Gasteiger partial charge in [0.15, 0.2) is 5.78 Å². The largest absolute Gasteiger partial charge is 0.497 e. The predicted octanol–water partition coefficient (Wildman–Crippen LogP) is 3.07. The molecule has 0 aromatic heterocycles. The average molecular weight is 338 g/mol. The molecule has 0 radical (unpaired) electrons. The topological polar surface area (TPSA) is 54.0 Å². The fraction of sp³-hybridized carbons (Fsp3) is 0.250. The molecule has 0 bridgehead atoms. The van der Waals surface area contributed by atoms with Gasteiger partial charge >= 0.3 is 0 Å². The Morgan fingerprint density at radius 1 is 1.16 bits per heavy atom. The normalized spacial score (nSPS) is 15.6. The van der Waals surface area contributed by atoms with Crippen LogP contribution in [-0.4, -0.2) is 33.2 Å². The van der Waals surface area contributed by atoms with E-state index in [2.05, 4.69) is 5.92 Å². The summed E-state index contributed by atoms with van der Waals surface area (Å²) in [5.41, 5.74) is 1.29. The van der Waals surface area contributed by atoms with Crippen molar-refractivity contribution >= 4 is 5.78 Å². The first-order chi connectivity index (χ1) is 12.2. The van der Waals surface area contributed by atoms with Crippen LogP contribution in [0.2, 0.25) is 0 Å². The number of methoxy groups -OCH3 is 2. The fourth-order valence-corrected chi connectivity index (χ4v) is 2.81. The van der Waals surface area contributed by atoms with Gasteiger partial charge in [0.25, 0.3) is 0 Å². The Labute approximate surface area is 146 Å². The molecule has 1 aliphatic heterocycles. The number of hydrogen-bond acceptors (Lipinski definition) is 5. The summed E-state index contributed by atoms with van der Waals surface area (Å²) in [5, 5.41) is 0. The number of carbonyl (C=O) groups is 1. The molecule has 0 saturated carbocycles. The second kappa shape index (κ2) is 7.18. The Hall–Kier alpha value is -3.13. The van der Waals surface area contributed by atoms with Crippen molar-refractivity contribution in [2.24, 2.45) is 0 Å². The Balaban J connectivity index is 1.91. The van der Waals surface area contributed by atoms with Crippen LogP contribution in [0.25, 0.3) is 0 Å². The van der Waals surface area contributed by atoms with Gasteiger partial charge < -0.3 is 18.9 Å². The van der Waals surface area contributed by atoms with E-state index in [1.165, 1.54) is 0 Å². The third-order valence-electron chi connectivity index (χ3n) is 4.08. The molecule has 2 aromatic rings. The summed E-state index contributed by atoms with van der Waals surface area (Å²) in [6, 6.07) is 10.5. The van der Waals surface area contributed by atoms with Crippen LogP contribution in [0.1, 0.15) is 21.8 Å². The Morgan fingerprint density at radius 3 is 2.68 bits per heavy atom. The van der Waals surface area contributed by atoms with Gasteiger partial charge in [-0.15, -0.1) is 6.42 Å². The zero-order valence-electron chi connectivity index (χ0n) is 14.1. The quantitative estimate of drug-likeness (QED) is 0.784. The summed E-state index contributed by atoms with van der Waals surface area (Å²) in [5.74, 6) is 4.28. The third-order valence-corrected chi connectivity index (χ3v) is 4.08. The summed E-state index contributed by atoms with van der Waals surface area (Å²) in [4.78, 5) is 12.9. The molecule has 1 heterocycles. The number of rotatable bonds is 5. The van der Waals surface area contributed by atoms with Crippen molar-refractivity contribution in [3.8, 4) is 35.3 Å². The summed E-state index contributed by atoms with van der Waals surface area (Å²) in [7, 11) is 3.15. The molecule has 0 saturated heterocycles. The number of benzene rings is 2. The number of ether oxygens (including phenoxy) is 4. The van der Waals surface area contributed by atoms with Gasteiger partial charge in [0.2, 0.25) is 0 Å². The predicted molar refractivity (Wildman–Crippen MR) is 92.9 cm³/mol. The zero-order chi connectivity index (χ0) is 17.8. The summed E-state index contributed by atoms with van der Waals surface area (Å²) in [6.07, 6.45) is 5.19. The van der Waals surface area contributed by atoms with E-state index >= 15 is 0 Å². The van der Waals surface area contributed by atoms with Crippen LogP contribution in [0.4, 0.5) is 0 Å². The average Bonchev–Trinajstić information content (AvgIpc) is 2.66. The fourth-order valence-electron chi connectivity index (χ4n) is 2.81. The molecule has 3 rings (SSSR count). The lowest BCUT2D eigenvalue weighted by Crippen LogP contribution is -2.26. The molecule has 1 atom stereocenters. The minimum atomic E-state index is -0.439. The van der Waals surface area contributed by atoms with E-state index in [1.54, 1.807) is 44.6 Å². The summed E-state index contributed by atoms with van der Waals surface area (Å²) < 4.78 is 21.8. The molecule has 128 valence electrons. The summed E-state index contributed by atoms with van der Waals surface area (Å²) in [6.45, 7) is 0.394. The van der Waals surface area contributed by atoms with Crippen LogP contribution in [0.3, 0.4) is 0 Å². The minimum absolute atomic E-state index is 0.0202. The van der Waals surface area contributed by atoms with E-state index in [4.69, 9.17) is 25.4 Å². The van der Waals surface area contributed by atoms with Gasteiger partial charge in [-0.25, -0.2) is 0 Å². The van der Waals surface area contributed by atoms with Crippen molar-refractivity contribution in [1.82, 2.24) is 0 Å². The first kappa shape index (κ1) is 16.7. The van der Waals surface area contributed by atoms with E-state index in [-0.39, 0.29) is 19.0 Å². The maximum absolute atomic E-state index is 12.9. The van der Waals surface area contributed by atoms with E-state index in [0.29, 0.717) is 28.6 Å². The highest BCUT2D eigenvalue weighted by Crippen LogP contribution is 2.38. The second-order valence-corrected chi connectivity index (χ2v) is 5.49. The minimum Gasteiger partial charge on any atom is -0.497 e. The monoisotopic (exact) mass is 338 g/mol. The Morgan fingerprint density at radius 2 is 1.96 bits per heavy atom. The SMILES string of the molecule is C#CCOc1ccc2c(c1)OC[C@H](c1ccc(OC)cc1OC)C2=O. The number of hydrogen-bond donors (Lipinski definition) is 0. The lowest BCUT2D eigenvalue weighted by molar-refractivity contribution is 0.0894. The summed E-state index contributed by atoms with van der Waals surface area (Å²) >= 11 is 0. The van der Waals surface area contributed by atoms with Crippen molar-refractivity contribution in [3.05, 3.63) is 47.5 Å². The highest BCUT2D eigenvalue weighted by molar-refractivity contribution is 6.04. The zero-order valence-corrected chi connectivity index (χ0v) is 14.1. The van der Waals surface area contributed by atoms with Crippen molar-refractivity contribution in [3.63, 3.8) is 0 Å². The molecule has 0 unspecified atom stereocenters. The molecule has 0 fully saturated rings. The smallest absolute Gasteiger partial charge is 0.177 e. The van der Waals surface area contributed by atoms with E-state index in [1.807, 2.05) is 6.07 Å². The maximum atomic E-state index is 12.9. The van der Waals surface area contributed by atoms with Crippen LogP contribution in [-0.2, 0) is 0 Å². The molecule has 5 nitrogen and oxygen atoms in total. The highest BCUT2D eigenvalue weighted by atomic mass is 16.5.